The van der Waals surface area contributed by atoms with E-state index < -0.39 is 69.5 Å². The number of alkyl carbamates (subject to hydrolysis) is 1. The molecule has 12 heteroatoms. The number of hydrogen-bond donors (Lipinski definition) is 1. The maximum absolute atomic E-state index is 13.5. The highest BCUT2D eigenvalue weighted by molar-refractivity contribution is 7.92. The number of alkyl halides is 3. The molecule has 1 aliphatic heterocycles. The molecule has 0 spiro atoms. The molecule has 1 fully saturated rings. The van der Waals surface area contributed by atoms with Gasteiger partial charge in [0.2, 0.25) is 0 Å². The van der Waals surface area contributed by atoms with Crippen LogP contribution in [0, 0.1) is 18.3 Å². The Kier molecular flexibility index (Phi) is 7.16. The number of benzene rings is 2. The Labute approximate surface area is 193 Å². The van der Waals surface area contributed by atoms with Crippen molar-refractivity contribution in [1.29, 1.82) is 5.26 Å². The Balaban J connectivity index is 1.96. The summed E-state index contributed by atoms with van der Waals surface area (Å²) in [4.78, 5) is 25.2. The van der Waals surface area contributed by atoms with Crippen molar-refractivity contribution >= 4 is 21.8 Å². The van der Waals surface area contributed by atoms with Gasteiger partial charge in [-0.05, 0) is 31.2 Å². The summed E-state index contributed by atoms with van der Waals surface area (Å²) in [5, 5.41) is 9.26. The van der Waals surface area contributed by atoms with Gasteiger partial charge in [0.15, 0.2) is 16.1 Å². The highest BCUT2D eigenvalue weighted by atomic mass is 32.2. The molecule has 0 unspecified atom stereocenters. The smallest absolute Gasteiger partial charge is 0.417 e. The van der Waals surface area contributed by atoms with E-state index in [2.05, 4.69) is 5.32 Å². The molecule has 2 atom stereocenters. The number of halogens is 3. The quantitative estimate of drug-likeness (QED) is 0.637. The van der Waals surface area contributed by atoms with Crippen molar-refractivity contribution < 1.29 is 35.9 Å². The lowest BCUT2D eigenvalue weighted by molar-refractivity contribution is -0.139. The fraction of sp³-hybridized carbons (Fsp3) is 0.318. The van der Waals surface area contributed by atoms with Gasteiger partial charge in [0.25, 0.3) is 5.91 Å². The normalized spacial score (nSPS) is 18.3. The van der Waals surface area contributed by atoms with Gasteiger partial charge in [0, 0.05) is 18.5 Å². The van der Waals surface area contributed by atoms with Crippen molar-refractivity contribution in [3.63, 3.8) is 0 Å². The van der Waals surface area contributed by atoms with Crippen LogP contribution in [0.4, 0.5) is 18.0 Å². The summed E-state index contributed by atoms with van der Waals surface area (Å²) in [6.45, 7) is 0.922. The van der Waals surface area contributed by atoms with Crippen LogP contribution in [-0.2, 0) is 20.8 Å². The number of nitrogens with zero attached hydrogens (tertiary/aromatic N) is 2. The van der Waals surface area contributed by atoms with Gasteiger partial charge in [-0.2, -0.15) is 18.4 Å². The standard InChI is InChI=1S/C22H20F3N3O5S/c1-14-6-8-15(9-7-14)20(29)28-13-16(12-19(28)33-21(30)27-11-10-26)34(31,32)18-5-3-2-4-17(18)22(23,24)25/h2-9,16,19H,11-13H2,1H3,(H,27,30)/t16-,19+/m1/s1. The lowest BCUT2D eigenvalue weighted by Gasteiger charge is -2.24. The fourth-order valence-electron chi connectivity index (χ4n) is 3.58. The number of sulfone groups is 1. The number of nitriles is 1. The molecule has 1 N–H and O–H groups in total. The average molecular weight is 495 g/mol. The topological polar surface area (TPSA) is 117 Å². The van der Waals surface area contributed by atoms with E-state index in [-0.39, 0.29) is 5.56 Å². The third-order valence-corrected chi connectivity index (χ3v) is 7.45. The predicted octanol–water partition coefficient (Wildman–Crippen LogP) is 3.28. The van der Waals surface area contributed by atoms with Gasteiger partial charge in [-0.1, -0.05) is 29.8 Å². The summed E-state index contributed by atoms with van der Waals surface area (Å²) in [6, 6.07) is 11.8. The van der Waals surface area contributed by atoms with Crippen molar-refractivity contribution in [2.75, 3.05) is 13.1 Å². The second-order valence-electron chi connectivity index (χ2n) is 7.59. The van der Waals surface area contributed by atoms with Crippen molar-refractivity contribution in [3.05, 3.63) is 65.2 Å². The van der Waals surface area contributed by atoms with E-state index in [0.717, 1.165) is 22.6 Å². The number of aryl methyl sites for hydroxylation is 1. The van der Waals surface area contributed by atoms with Crippen molar-refractivity contribution in [3.8, 4) is 6.07 Å². The molecule has 0 aromatic heterocycles. The van der Waals surface area contributed by atoms with Gasteiger partial charge in [-0.3, -0.25) is 4.79 Å². The lowest BCUT2D eigenvalue weighted by atomic mass is 10.1. The first-order chi connectivity index (χ1) is 15.9. The van der Waals surface area contributed by atoms with E-state index in [1.165, 1.54) is 18.2 Å². The van der Waals surface area contributed by atoms with E-state index in [1.807, 2.05) is 0 Å². The van der Waals surface area contributed by atoms with Crippen molar-refractivity contribution in [1.82, 2.24) is 10.2 Å². The largest absolute Gasteiger partial charge is 0.425 e. The van der Waals surface area contributed by atoms with Gasteiger partial charge in [0.1, 0.15) is 6.54 Å². The number of hydrogen-bond acceptors (Lipinski definition) is 6. The SMILES string of the molecule is Cc1ccc(C(=O)N2C[C@H](S(=O)(=O)c3ccccc3C(F)(F)F)C[C@@H]2OC(=O)NCC#N)cc1. The van der Waals surface area contributed by atoms with Crippen molar-refractivity contribution in [2.45, 2.75) is 35.9 Å². The van der Waals surface area contributed by atoms with Crippen LogP contribution < -0.4 is 5.32 Å². The summed E-state index contributed by atoms with van der Waals surface area (Å²) >= 11 is 0. The lowest BCUT2D eigenvalue weighted by Crippen LogP contribution is -2.41. The van der Waals surface area contributed by atoms with Crippen LogP contribution in [0.5, 0.6) is 0 Å². The molecule has 0 bridgehead atoms. The van der Waals surface area contributed by atoms with Crippen LogP contribution in [0.2, 0.25) is 0 Å². The molecular formula is C22H20F3N3O5S. The molecule has 8 nitrogen and oxygen atoms in total. The molecule has 3 rings (SSSR count). The van der Waals surface area contributed by atoms with E-state index in [0.29, 0.717) is 6.07 Å². The molecule has 0 radical (unpaired) electrons. The Morgan fingerprint density at radius 1 is 1.18 bits per heavy atom. The third-order valence-electron chi connectivity index (χ3n) is 5.26. The zero-order valence-corrected chi connectivity index (χ0v) is 18.7. The third kappa shape index (κ3) is 5.31. The molecule has 1 heterocycles. The Morgan fingerprint density at radius 2 is 1.82 bits per heavy atom. The van der Waals surface area contributed by atoms with Crippen LogP contribution in [0.1, 0.15) is 27.9 Å². The number of likely N-dealkylation sites (tertiary alicyclic amines) is 1. The number of ether oxygens (including phenoxy) is 1. The van der Waals surface area contributed by atoms with E-state index in [1.54, 1.807) is 25.1 Å². The molecule has 2 aromatic rings. The van der Waals surface area contributed by atoms with E-state index in [9.17, 15) is 31.2 Å². The molecule has 0 saturated carbocycles. The molecule has 2 amide bonds. The van der Waals surface area contributed by atoms with Gasteiger partial charge >= 0.3 is 12.3 Å². The number of nitrogens with one attached hydrogen (secondary N) is 1. The minimum atomic E-state index is -4.91. The molecule has 1 saturated heterocycles. The molecule has 1 aliphatic rings. The van der Waals surface area contributed by atoms with Gasteiger partial charge in [0.05, 0.1) is 21.8 Å². The van der Waals surface area contributed by atoms with Crippen LogP contribution in [-0.4, -0.2) is 49.9 Å². The van der Waals surface area contributed by atoms with Gasteiger partial charge in [-0.25, -0.2) is 13.2 Å². The van der Waals surface area contributed by atoms with Gasteiger partial charge < -0.3 is 15.0 Å². The van der Waals surface area contributed by atoms with Crippen LogP contribution in [0.25, 0.3) is 0 Å². The number of carbonyl (C=O) groups is 2. The molecule has 0 aliphatic carbocycles. The number of amides is 2. The summed E-state index contributed by atoms with van der Waals surface area (Å²) in [7, 11) is -4.57. The second-order valence-corrected chi connectivity index (χ2v) is 9.79. The van der Waals surface area contributed by atoms with E-state index in [4.69, 9.17) is 10.00 Å². The van der Waals surface area contributed by atoms with Crippen LogP contribution in [0.15, 0.2) is 53.4 Å². The van der Waals surface area contributed by atoms with E-state index >= 15 is 0 Å². The Bertz CT molecular complexity index is 1220. The maximum Gasteiger partial charge on any atom is 0.417 e. The molecule has 180 valence electrons. The summed E-state index contributed by atoms with van der Waals surface area (Å²) in [5.74, 6) is -0.653. The van der Waals surface area contributed by atoms with Crippen LogP contribution in [0.3, 0.4) is 0 Å². The molecule has 34 heavy (non-hydrogen) atoms. The number of rotatable bonds is 5. The predicted molar refractivity (Wildman–Crippen MR) is 113 cm³/mol. The maximum atomic E-state index is 13.5. The summed E-state index contributed by atoms with van der Waals surface area (Å²) in [5.41, 5.74) is -0.265. The van der Waals surface area contributed by atoms with Crippen molar-refractivity contribution in [2.24, 2.45) is 0 Å². The molecular weight excluding hydrogens is 475 g/mol. The second kappa shape index (κ2) is 9.72. The highest BCUT2D eigenvalue weighted by Gasteiger charge is 2.47. The zero-order valence-electron chi connectivity index (χ0n) is 17.9. The summed E-state index contributed by atoms with van der Waals surface area (Å²) in [6.07, 6.45) is -7.79. The monoisotopic (exact) mass is 495 g/mol. The minimum Gasteiger partial charge on any atom is -0.425 e. The first-order valence-electron chi connectivity index (χ1n) is 10.0. The Hall–Kier alpha value is -3.59. The average Bonchev–Trinajstić information content (AvgIpc) is 3.21. The van der Waals surface area contributed by atoms with Gasteiger partial charge in [-0.15, -0.1) is 0 Å². The zero-order chi connectivity index (χ0) is 25.1. The Morgan fingerprint density at radius 3 is 2.44 bits per heavy atom. The number of carbonyl (C=O) groups excluding carboxylic acids is 2. The minimum absolute atomic E-state index is 0.186. The first-order valence-corrected chi connectivity index (χ1v) is 11.6. The first kappa shape index (κ1) is 25.0. The van der Waals surface area contributed by atoms with Crippen LogP contribution >= 0.6 is 0 Å². The fourth-order valence-corrected chi connectivity index (χ4v) is 5.47. The highest BCUT2D eigenvalue weighted by Crippen LogP contribution is 2.38. The summed E-state index contributed by atoms with van der Waals surface area (Å²) < 4.78 is 72.0. The molecule has 2 aromatic carbocycles.